The van der Waals surface area contributed by atoms with Gasteiger partial charge in [-0.3, -0.25) is 0 Å². The first-order chi connectivity index (χ1) is 6.53. The molecule has 1 aliphatic rings. The van der Waals surface area contributed by atoms with Gasteiger partial charge in [-0.2, -0.15) is 0 Å². The smallest absolute Gasteiger partial charge is 0.209 e. The van der Waals surface area contributed by atoms with Crippen LogP contribution in [0.15, 0.2) is 0 Å². The lowest BCUT2D eigenvalue weighted by Gasteiger charge is -2.29. The quantitative estimate of drug-likeness (QED) is 0.722. The predicted molar refractivity (Wildman–Crippen MR) is 57.4 cm³/mol. The van der Waals surface area contributed by atoms with Crippen molar-refractivity contribution in [3.05, 3.63) is 0 Å². The maximum Gasteiger partial charge on any atom is 0.209 e. The van der Waals surface area contributed by atoms with Gasteiger partial charge in [0.25, 0.3) is 0 Å². The van der Waals surface area contributed by atoms with Crippen molar-refractivity contribution in [3.8, 4) is 0 Å². The molecule has 0 amide bonds. The highest BCUT2D eigenvalue weighted by molar-refractivity contribution is 7.88. The zero-order chi connectivity index (χ0) is 10.6. The van der Waals surface area contributed by atoms with Crippen LogP contribution in [-0.4, -0.2) is 27.3 Å². The average Bonchev–Trinajstić information content (AvgIpc) is 2.14. The molecule has 0 aromatic heterocycles. The molecule has 1 atom stereocenters. The Hall–Kier alpha value is -0.130. The second-order valence-electron chi connectivity index (χ2n) is 4.13. The van der Waals surface area contributed by atoms with Gasteiger partial charge in [0.1, 0.15) is 0 Å². The number of rotatable bonds is 4. The maximum absolute atomic E-state index is 11.1. The zero-order valence-corrected chi connectivity index (χ0v) is 9.52. The number of hydrogen-bond donors (Lipinski definition) is 2. The zero-order valence-electron chi connectivity index (χ0n) is 8.70. The molecule has 1 aliphatic carbocycles. The van der Waals surface area contributed by atoms with Crippen LogP contribution in [0, 0.1) is 5.92 Å². The Morgan fingerprint density at radius 2 is 1.93 bits per heavy atom. The number of sulfonamides is 1. The summed E-state index contributed by atoms with van der Waals surface area (Å²) >= 11 is 0. The molecule has 0 heterocycles. The summed E-state index contributed by atoms with van der Waals surface area (Å²) in [7, 11) is -3.11. The first-order valence-electron chi connectivity index (χ1n) is 5.20. The first-order valence-corrected chi connectivity index (χ1v) is 7.09. The van der Waals surface area contributed by atoms with Crippen molar-refractivity contribution in [2.45, 2.75) is 38.1 Å². The van der Waals surface area contributed by atoms with E-state index >= 15 is 0 Å². The first kappa shape index (κ1) is 11.9. The van der Waals surface area contributed by atoms with E-state index in [0.29, 0.717) is 12.5 Å². The number of nitrogens with one attached hydrogen (secondary N) is 1. The van der Waals surface area contributed by atoms with Crippen LogP contribution in [0.2, 0.25) is 0 Å². The molecule has 0 aromatic rings. The monoisotopic (exact) mass is 220 g/mol. The SMILES string of the molecule is CS(=O)(=O)NC(CN)C1CCCCC1. The van der Waals surface area contributed by atoms with Gasteiger partial charge in [-0.05, 0) is 18.8 Å². The van der Waals surface area contributed by atoms with E-state index in [9.17, 15) is 8.42 Å². The summed E-state index contributed by atoms with van der Waals surface area (Å²) in [5, 5.41) is 0. The van der Waals surface area contributed by atoms with Crippen molar-refractivity contribution in [3.63, 3.8) is 0 Å². The predicted octanol–water partition coefficient (Wildman–Crippen LogP) is 0.443. The molecule has 0 aliphatic heterocycles. The fraction of sp³-hybridized carbons (Fsp3) is 1.00. The molecule has 84 valence electrons. The van der Waals surface area contributed by atoms with Gasteiger partial charge in [-0.15, -0.1) is 0 Å². The van der Waals surface area contributed by atoms with Crippen LogP contribution < -0.4 is 10.5 Å². The van der Waals surface area contributed by atoms with Crippen LogP contribution in [0.5, 0.6) is 0 Å². The van der Waals surface area contributed by atoms with Gasteiger partial charge < -0.3 is 5.73 Å². The summed E-state index contributed by atoms with van der Waals surface area (Å²) < 4.78 is 24.8. The van der Waals surface area contributed by atoms with E-state index in [1.165, 1.54) is 25.5 Å². The van der Waals surface area contributed by atoms with E-state index < -0.39 is 10.0 Å². The van der Waals surface area contributed by atoms with E-state index in [0.717, 1.165) is 12.8 Å². The highest BCUT2D eigenvalue weighted by Gasteiger charge is 2.24. The van der Waals surface area contributed by atoms with Gasteiger partial charge in [0, 0.05) is 12.6 Å². The minimum Gasteiger partial charge on any atom is -0.329 e. The Labute approximate surface area is 86.3 Å². The summed E-state index contributed by atoms with van der Waals surface area (Å²) in [5.41, 5.74) is 5.58. The third kappa shape index (κ3) is 3.94. The Morgan fingerprint density at radius 1 is 1.36 bits per heavy atom. The van der Waals surface area contributed by atoms with Gasteiger partial charge in [0.05, 0.1) is 6.26 Å². The molecule has 0 radical (unpaired) electrons. The molecule has 0 spiro atoms. The topological polar surface area (TPSA) is 72.2 Å². The third-order valence-electron chi connectivity index (χ3n) is 2.84. The van der Waals surface area contributed by atoms with E-state index in [1.807, 2.05) is 0 Å². The van der Waals surface area contributed by atoms with Crippen LogP contribution in [0.25, 0.3) is 0 Å². The lowest BCUT2D eigenvalue weighted by Crippen LogP contribution is -2.45. The maximum atomic E-state index is 11.1. The highest BCUT2D eigenvalue weighted by Crippen LogP contribution is 2.26. The molecule has 1 unspecified atom stereocenters. The van der Waals surface area contributed by atoms with Gasteiger partial charge >= 0.3 is 0 Å². The lowest BCUT2D eigenvalue weighted by atomic mass is 9.84. The van der Waals surface area contributed by atoms with Crippen LogP contribution in [-0.2, 0) is 10.0 Å². The van der Waals surface area contributed by atoms with E-state index in [4.69, 9.17) is 5.73 Å². The van der Waals surface area contributed by atoms with Crippen LogP contribution in [0.3, 0.4) is 0 Å². The Bertz CT molecular complexity index is 258. The van der Waals surface area contributed by atoms with E-state index in [2.05, 4.69) is 4.72 Å². The molecule has 0 saturated heterocycles. The average molecular weight is 220 g/mol. The number of nitrogens with two attached hydrogens (primary N) is 1. The summed E-state index contributed by atoms with van der Waals surface area (Å²) in [4.78, 5) is 0. The third-order valence-corrected chi connectivity index (χ3v) is 3.57. The van der Waals surface area contributed by atoms with E-state index in [-0.39, 0.29) is 6.04 Å². The molecule has 5 heteroatoms. The van der Waals surface area contributed by atoms with Crippen molar-refractivity contribution in [1.82, 2.24) is 4.72 Å². The summed E-state index contributed by atoms with van der Waals surface area (Å²) in [6, 6.07) is -0.0645. The Kier molecular flexibility index (Phi) is 4.34. The fourth-order valence-electron chi connectivity index (χ4n) is 2.15. The summed E-state index contributed by atoms with van der Waals surface area (Å²) in [6.45, 7) is 0.401. The van der Waals surface area contributed by atoms with Gasteiger partial charge in [0.15, 0.2) is 0 Å². The molecule has 4 nitrogen and oxygen atoms in total. The Morgan fingerprint density at radius 3 is 2.36 bits per heavy atom. The second-order valence-corrected chi connectivity index (χ2v) is 5.91. The summed E-state index contributed by atoms with van der Waals surface area (Å²) in [5.74, 6) is 0.434. The molecule has 0 bridgehead atoms. The van der Waals surface area contributed by atoms with Crippen molar-refractivity contribution >= 4 is 10.0 Å². The molecular weight excluding hydrogens is 200 g/mol. The van der Waals surface area contributed by atoms with Crippen molar-refractivity contribution in [2.24, 2.45) is 11.7 Å². The molecule has 0 aromatic carbocycles. The van der Waals surface area contributed by atoms with Crippen LogP contribution in [0.4, 0.5) is 0 Å². The van der Waals surface area contributed by atoms with Gasteiger partial charge in [-0.25, -0.2) is 13.1 Å². The van der Waals surface area contributed by atoms with Crippen LogP contribution >= 0.6 is 0 Å². The minimum atomic E-state index is -3.11. The van der Waals surface area contributed by atoms with Crippen molar-refractivity contribution in [1.29, 1.82) is 0 Å². The summed E-state index contributed by atoms with van der Waals surface area (Å²) in [6.07, 6.45) is 7.07. The minimum absolute atomic E-state index is 0.0645. The van der Waals surface area contributed by atoms with Crippen molar-refractivity contribution in [2.75, 3.05) is 12.8 Å². The second kappa shape index (κ2) is 5.09. The van der Waals surface area contributed by atoms with E-state index in [1.54, 1.807) is 0 Å². The highest BCUT2D eigenvalue weighted by atomic mass is 32.2. The molecule has 3 N–H and O–H groups in total. The standard InChI is InChI=1S/C9H20N2O2S/c1-14(12,13)11-9(7-10)8-5-3-2-4-6-8/h8-9,11H,2-7,10H2,1H3. The molecule has 14 heavy (non-hydrogen) atoms. The van der Waals surface area contributed by atoms with Crippen LogP contribution in [0.1, 0.15) is 32.1 Å². The molecule has 1 saturated carbocycles. The number of hydrogen-bond acceptors (Lipinski definition) is 3. The van der Waals surface area contributed by atoms with Crippen molar-refractivity contribution < 1.29 is 8.42 Å². The lowest BCUT2D eigenvalue weighted by molar-refractivity contribution is 0.294. The molecule has 1 rings (SSSR count). The fourth-order valence-corrected chi connectivity index (χ4v) is 2.99. The molecular formula is C9H20N2O2S. The van der Waals surface area contributed by atoms with Gasteiger partial charge in [-0.1, -0.05) is 19.3 Å². The largest absolute Gasteiger partial charge is 0.329 e. The normalized spacial score (nSPS) is 22.1. The van der Waals surface area contributed by atoms with Gasteiger partial charge in [0.2, 0.25) is 10.0 Å². The molecule has 1 fully saturated rings. The Balaban J connectivity index is 2.52.